The van der Waals surface area contributed by atoms with E-state index in [2.05, 4.69) is 5.32 Å². The molecule has 0 radical (unpaired) electrons. The minimum Gasteiger partial charge on any atom is -0.508 e. The van der Waals surface area contributed by atoms with Gasteiger partial charge in [0.15, 0.2) is 0 Å². The molecule has 4 nitrogen and oxygen atoms in total. The molecule has 1 aromatic carbocycles. The molecular formula is C15H22N2O2. The molecule has 0 heterocycles. The first-order chi connectivity index (χ1) is 8.99. The third kappa shape index (κ3) is 3.47. The number of hydrogen-bond donors (Lipinski definition) is 3. The third-order valence-electron chi connectivity index (χ3n) is 3.88. The smallest absolute Gasteiger partial charge is 0.240 e. The van der Waals surface area contributed by atoms with Crippen molar-refractivity contribution in [3.63, 3.8) is 0 Å². The summed E-state index contributed by atoms with van der Waals surface area (Å²) < 4.78 is 0. The summed E-state index contributed by atoms with van der Waals surface area (Å²) in [6.45, 7) is 2.00. The largest absolute Gasteiger partial charge is 0.508 e. The zero-order valence-electron chi connectivity index (χ0n) is 11.4. The maximum absolute atomic E-state index is 11.9. The van der Waals surface area contributed by atoms with Crippen LogP contribution < -0.4 is 11.1 Å². The summed E-state index contributed by atoms with van der Waals surface area (Å²) >= 11 is 0. The lowest BCUT2D eigenvalue weighted by molar-refractivity contribution is -0.129. The summed E-state index contributed by atoms with van der Waals surface area (Å²) in [7, 11) is 0. The molecule has 1 aliphatic carbocycles. The zero-order chi connectivity index (χ0) is 13.9. The van der Waals surface area contributed by atoms with Gasteiger partial charge in [0, 0.05) is 6.04 Å². The number of rotatable bonds is 5. The molecule has 0 spiro atoms. The first-order valence-corrected chi connectivity index (χ1v) is 6.87. The number of phenols is 1. The van der Waals surface area contributed by atoms with Gasteiger partial charge in [-0.2, -0.15) is 0 Å². The fraction of sp³-hybridized carbons (Fsp3) is 0.533. The van der Waals surface area contributed by atoms with E-state index in [1.165, 1.54) is 0 Å². The molecule has 0 saturated heterocycles. The Bertz CT molecular complexity index is 438. The van der Waals surface area contributed by atoms with Crippen molar-refractivity contribution in [1.82, 2.24) is 5.32 Å². The van der Waals surface area contributed by atoms with Crippen LogP contribution in [-0.4, -0.2) is 22.6 Å². The normalized spacial score (nSPS) is 18.4. The molecule has 0 aromatic heterocycles. The van der Waals surface area contributed by atoms with Gasteiger partial charge in [0.2, 0.25) is 5.91 Å². The Hall–Kier alpha value is -1.55. The fourth-order valence-corrected chi connectivity index (χ4v) is 2.27. The van der Waals surface area contributed by atoms with E-state index in [0.717, 1.165) is 37.7 Å². The van der Waals surface area contributed by atoms with Gasteiger partial charge in [0.25, 0.3) is 0 Å². The Labute approximate surface area is 114 Å². The predicted octanol–water partition coefficient (Wildman–Crippen LogP) is 1.71. The van der Waals surface area contributed by atoms with Crippen LogP contribution in [0.2, 0.25) is 0 Å². The average molecular weight is 262 g/mol. The van der Waals surface area contributed by atoms with Gasteiger partial charge in [-0.15, -0.1) is 0 Å². The monoisotopic (exact) mass is 262 g/mol. The molecule has 1 unspecified atom stereocenters. The molecule has 104 valence electrons. The maximum Gasteiger partial charge on any atom is 0.240 e. The van der Waals surface area contributed by atoms with E-state index in [1.807, 2.05) is 19.1 Å². The highest BCUT2D eigenvalue weighted by Gasteiger charge is 2.40. The molecule has 2 rings (SSSR count). The number of nitrogens with one attached hydrogen (secondary N) is 1. The van der Waals surface area contributed by atoms with Crippen LogP contribution in [0.1, 0.15) is 38.2 Å². The second-order valence-corrected chi connectivity index (χ2v) is 5.59. The molecule has 1 saturated carbocycles. The highest BCUT2D eigenvalue weighted by molar-refractivity contribution is 5.87. The summed E-state index contributed by atoms with van der Waals surface area (Å²) in [6.07, 6.45) is 4.38. The SMILES string of the molecule is CC(CCc1ccc(O)cc1)NC(=O)C1(N)CCC1. The number of amides is 1. The Balaban J connectivity index is 1.76. The molecule has 4 heteroatoms. The number of hydrogen-bond acceptors (Lipinski definition) is 3. The maximum atomic E-state index is 11.9. The number of phenolic OH excluding ortho intramolecular Hbond substituents is 1. The van der Waals surface area contributed by atoms with Crippen molar-refractivity contribution in [2.75, 3.05) is 0 Å². The van der Waals surface area contributed by atoms with Gasteiger partial charge < -0.3 is 16.2 Å². The van der Waals surface area contributed by atoms with Gasteiger partial charge in [0.1, 0.15) is 5.75 Å². The molecule has 19 heavy (non-hydrogen) atoms. The van der Waals surface area contributed by atoms with E-state index in [-0.39, 0.29) is 17.7 Å². The van der Waals surface area contributed by atoms with Crippen molar-refractivity contribution in [1.29, 1.82) is 0 Å². The molecule has 1 fully saturated rings. The Morgan fingerprint density at radius 2 is 2.05 bits per heavy atom. The van der Waals surface area contributed by atoms with Gasteiger partial charge in [-0.1, -0.05) is 12.1 Å². The molecule has 1 atom stereocenters. The summed E-state index contributed by atoms with van der Waals surface area (Å²) in [5, 5.41) is 12.2. The van der Waals surface area contributed by atoms with Crippen molar-refractivity contribution in [3.05, 3.63) is 29.8 Å². The van der Waals surface area contributed by atoms with E-state index in [1.54, 1.807) is 12.1 Å². The number of aromatic hydroxyl groups is 1. The van der Waals surface area contributed by atoms with Crippen LogP contribution in [-0.2, 0) is 11.2 Å². The average Bonchev–Trinajstić information content (AvgIpc) is 2.35. The molecule has 1 aromatic rings. The van der Waals surface area contributed by atoms with Gasteiger partial charge >= 0.3 is 0 Å². The van der Waals surface area contributed by atoms with Crippen LogP contribution in [0.25, 0.3) is 0 Å². The lowest BCUT2D eigenvalue weighted by Crippen LogP contribution is -2.59. The molecule has 1 aliphatic rings. The molecular weight excluding hydrogens is 240 g/mol. The van der Waals surface area contributed by atoms with Crippen LogP contribution in [0.15, 0.2) is 24.3 Å². The number of carbonyl (C=O) groups is 1. The summed E-state index contributed by atoms with van der Waals surface area (Å²) in [6, 6.07) is 7.28. The Kier molecular flexibility index (Phi) is 4.10. The van der Waals surface area contributed by atoms with Crippen molar-refractivity contribution in [2.24, 2.45) is 5.73 Å². The first kappa shape index (κ1) is 13.9. The van der Waals surface area contributed by atoms with Crippen LogP contribution in [0, 0.1) is 0 Å². The summed E-state index contributed by atoms with van der Waals surface area (Å²) in [5.74, 6) is 0.261. The van der Waals surface area contributed by atoms with Crippen LogP contribution >= 0.6 is 0 Å². The second kappa shape index (κ2) is 5.61. The highest BCUT2D eigenvalue weighted by Crippen LogP contribution is 2.29. The van der Waals surface area contributed by atoms with Crippen molar-refractivity contribution >= 4 is 5.91 Å². The number of nitrogens with two attached hydrogens (primary N) is 1. The molecule has 1 amide bonds. The topological polar surface area (TPSA) is 75.3 Å². The minimum absolute atomic E-state index is 0.0167. The standard InChI is InChI=1S/C15H22N2O2/c1-11(17-14(19)15(16)9-2-10-15)3-4-12-5-7-13(18)8-6-12/h5-8,11,18H,2-4,9-10,16H2,1H3,(H,17,19). The summed E-state index contributed by atoms with van der Waals surface area (Å²) in [4.78, 5) is 11.9. The van der Waals surface area contributed by atoms with Crippen molar-refractivity contribution in [2.45, 2.75) is 50.6 Å². The molecule has 0 aliphatic heterocycles. The third-order valence-corrected chi connectivity index (χ3v) is 3.88. The predicted molar refractivity (Wildman–Crippen MR) is 74.8 cm³/mol. The summed E-state index contributed by atoms with van der Waals surface area (Å²) in [5.41, 5.74) is 6.52. The lowest BCUT2D eigenvalue weighted by Gasteiger charge is -2.37. The molecule has 4 N–H and O–H groups in total. The van der Waals surface area contributed by atoms with Gasteiger partial charge in [-0.3, -0.25) is 4.79 Å². The second-order valence-electron chi connectivity index (χ2n) is 5.59. The van der Waals surface area contributed by atoms with E-state index in [4.69, 9.17) is 5.73 Å². The fourth-order valence-electron chi connectivity index (χ4n) is 2.27. The van der Waals surface area contributed by atoms with Crippen LogP contribution in [0.4, 0.5) is 0 Å². The van der Waals surface area contributed by atoms with Gasteiger partial charge in [0.05, 0.1) is 5.54 Å². The van der Waals surface area contributed by atoms with E-state index < -0.39 is 5.54 Å². The van der Waals surface area contributed by atoms with Crippen molar-refractivity contribution in [3.8, 4) is 5.75 Å². The number of benzene rings is 1. The van der Waals surface area contributed by atoms with Gasteiger partial charge in [-0.05, 0) is 56.7 Å². The number of aryl methyl sites for hydroxylation is 1. The number of carbonyl (C=O) groups excluding carboxylic acids is 1. The van der Waals surface area contributed by atoms with E-state index in [9.17, 15) is 9.90 Å². The minimum atomic E-state index is -0.618. The lowest BCUT2D eigenvalue weighted by atomic mass is 9.77. The van der Waals surface area contributed by atoms with Crippen molar-refractivity contribution < 1.29 is 9.90 Å². The van der Waals surface area contributed by atoms with Crippen LogP contribution in [0.3, 0.4) is 0 Å². The Morgan fingerprint density at radius 3 is 2.58 bits per heavy atom. The zero-order valence-corrected chi connectivity index (χ0v) is 11.4. The quantitative estimate of drug-likeness (QED) is 0.756. The Morgan fingerprint density at radius 1 is 1.42 bits per heavy atom. The van der Waals surface area contributed by atoms with Crippen LogP contribution in [0.5, 0.6) is 5.75 Å². The van der Waals surface area contributed by atoms with E-state index >= 15 is 0 Å². The first-order valence-electron chi connectivity index (χ1n) is 6.87. The molecule has 0 bridgehead atoms. The highest BCUT2D eigenvalue weighted by atomic mass is 16.3. The van der Waals surface area contributed by atoms with Gasteiger partial charge in [-0.25, -0.2) is 0 Å². The van der Waals surface area contributed by atoms with E-state index in [0.29, 0.717) is 0 Å².